The lowest BCUT2D eigenvalue weighted by atomic mass is 10.1. The Morgan fingerprint density at radius 2 is 1.89 bits per heavy atom. The van der Waals surface area contributed by atoms with Crippen LogP contribution in [0.2, 0.25) is 0 Å². The fourth-order valence-electron chi connectivity index (χ4n) is 2.86. The van der Waals surface area contributed by atoms with Crippen LogP contribution >= 0.6 is 0 Å². The Labute approximate surface area is 163 Å². The molecule has 28 heavy (non-hydrogen) atoms. The van der Waals surface area contributed by atoms with E-state index in [4.69, 9.17) is 5.73 Å². The van der Waals surface area contributed by atoms with Crippen LogP contribution in [-0.2, 0) is 4.79 Å². The molecule has 8 nitrogen and oxygen atoms in total. The minimum Gasteiger partial charge on any atom is -0.366 e. The third-order valence-corrected chi connectivity index (χ3v) is 4.58. The number of nitrogens with two attached hydrogens (primary N) is 1. The Hall–Kier alpha value is -3.52. The van der Waals surface area contributed by atoms with Crippen LogP contribution in [0.15, 0.2) is 61.2 Å². The van der Waals surface area contributed by atoms with E-state index < -0.39 is 5.91 Å². The van der Waals surface area contributed by atoms with Gasteiger partial charge in [0.15, 0.2) is 0 Å². The summed E-state index contributed by atoms with van der Waals surface area (Å²) in [6.07, 6.45) is 3.12. The molecule has 0 bridgehead atoms. The van der Waals surface area contributed by atoms with Crippen LogP contribution in [0.5, 0.6) is 0 Å². The van der Waals surface area contributed by atoms with Gasteiger partial charge < -0.3 is 11.1 Å². The Morgan fingerprint density at radius 3 is 2.54 bits per heavy atom. The molecule has 3 N–H and O–H groups in total. The van der Waals surface area contributed by atoms with E-state index >= 15 is 0 Å². The fourth-order valence-corrected chi connectivity index (χ4v) is 2.86. The lowest BCUT2D eigenvalue weighted by Gasteiger charge is -2.24. The first-order valence-corrected chi connectivity index (χ1v) is 8.79. The highest BCUT2D eigenvalue weighted by molar-refractivity contribution is 6.03. The summed E-state index contributed by atoms with van der Waals surface area (Å²) in [7, 11) is 1.87. The van der Waals surface area contributed by atoms with Crippen LogP contribution in [0.3, 0.4) is 0 Å². The highest BCUT2D eigenvalue weighted by atomic mass is 16.2. The lowest BCUT2D eigenvalue weighted by Crippen LogP contribution is -2.32. The molecule has 2 aromatic carbocycles. The SMILES string of the molecule is CC(c1ccc(-n2cncn2)cc1)N(C)CC(=O)Nc1ccccc1C(N)=O. The number of aromatic nitrogens is 3. The Kier molecular flexibility index (Phi) is 5.81. The van der Waals surface area contributed by atoms with Gasteiger partial charge in [-0.3, -0.25) is 14.5 Å². The second-order valence-electron chi connectivity index (χ2n) is 6.48. The maximum Gasteiger partial charge on any atom is 0.250 e. The number of carbonyl (C=O) groups excluding carboxylic acids is 2. The zero-order valence-corrected chi connectivity index (χ0v) is 15.7. The molecule has 3 aromatic rings. The molecule has 0 aliphatic heterocycles. The van der Waals surface area contributed by atoms with Gasteiger partial charge in [-0.25, -0.2) is 9.67 Å². The summed E-state index contributed by atoms with van der Waals surface area (Å²) in [5.74, 6) is -0.799. The molecule has 144 valence electrons. The predicted molar refractivity (Wildman–Crippen MR) is 106 cm³/mol. The third kappa shape index (κ3) is 4.41. The van der Waals surface area contributed by atoms with Gasteiger partial charge in [0.1, 0.15) is 12.7 Å². The van der Waals surface area contributed by atoms with Gasteiger partial charge in [-0.1, -0.05) is 24.3 Å². The molecule has 3 rings (SSSR count). The number of nitrogens with one attached hydrogen (secondary N) is 1. The molecule has 1 atom stereocenters. The largest absolute Gasteiger partial charge is 0.366 e. The standard InChI is InChI=1S/C20H22N6O2/c1-14(15-7-9-16(10-8-15)26-13-22-12-23-26)25(2)11-19(27)24-18-6-4-3-5-17(18)20(21)28/h3-10,12-14H,11H2,1-2H3,(H2,21,28)(H,24,27). The quantitative estimate of drug-likeness (QED) is 0.654. The van der Waals surface area contributed by atoms with Gasteiger partial charge >= 0.3 is 0 Å². The normalized spacial score (nSPS) is 12.0. The number of primary amides is 1. The number of amides is 2. The van der Waals surface area contributed by atoms with Crippen LogP contribution in [0.4, 0.5) is 5.69 Å². The van der Waals surface area contributed by atoms with Crippen molar-refractivity contribution in [3.63, 3.8) is 0 Å². The van der Waals surface area contributed by atoms with Gasteiger partial charge in [0.2, 0.25) is 5.91 Å². The van der Waals surface area contributed by atoms with E-state index in [1.54, 1.807) is 35.3 Å². The zero-order valence-electron chi connectivity index (χ0n) is 15.7. The van der Waals surface area contributed by atoms with E-state index in [1.165, 1.54) is 6.33 Å². The van der Waals surface area contributed by atoms with E-state index in [0.717, 1.165) is 11.3 Å². The molecule has 0 saturated heterocycles. The number of nitrogens with zero attached hydrogens (tertiary/aromatic N) is 4. The number of benzene rings is 2. The summed E-state index contributed by atoms with van der Waals surface area (Å²) in [5, 5.41) is 6.86. The predicted octanol–water partition coefficient (Wildman–Crippen LogP) is 2.00. The smallest absolute Gasteiger partial charge is 0.250 e. The molecule has 0 radical (unpaired) electrons. The van der Waals surface area contributed by atoms with Gasteiger partial charge in [0.25, 0.3) is 5.91 Å². The van der Waals surface area contributed by atoms with Crippen LogP contribution in [0, 0.1) is 0 Å². The molecule has 0 spiro atoms. The summed E-state index contributed by atoms with van der Waals surface area (Å²) < 4.78 is 1.68. The molecule has 0 aliphatic rings. The molecular weight excluding hydrogens is 356 g/mol. The van der Waals surface area contributed by atoms with Crippen molar-refractivity contribution in [2.24, 2.45) is 5.73 Å². The van der Waals surface area contributed by atoms with E-state index in [1.807, 2.05) is 43.1 Å². The molecule has 1 aromatic heterocycles. The van der Waals surface area contributed by atoms with Crippen LogP contribution in [0.1, 0.15) is 28.9 Å². The highest BCUT2D eigenvalue weighted by Crippen LogP contribution is 2.20. The summed E-state index contributed by atoms with van der Waals surface area (Å²) in [4.78, 5) is 29.8. The van der Waals surface area contributed by atoms with Gasteiger partial charge in [-0.15, -0.1) is 0 Å². The van der Waals surface area contributed by atoms with Crippen molar-refractivity contribution in [2.75, 3.05) is 18.9 Å². The first-order chi connectivity index (χ1) is 13.5. The molecule has 0 aliphatic carbocycles. The number of para-hydroxylation sites is 1. The second kappa shape index (κ2) is 8.45. The van der Waals surface area contributed by atoms with Crippen LogP contribution < -0.4 is 11.1 Å². The average molecular weight is 378 g/mol. The van der Waals surface area contributed by atoms with E-state index in [9.17, 15) is 9.59 Å². The number of rotatable bonds is 7. The van der Waals surface area contributed by atoms with Crippen molar-refractivity contribution >= 4 is 17.5 Å². The monoisotopic (exact) mass is 378 g/mol. The topological polar surface area (TPSA) is 106 Å². The fraction of sp³-hybridized carbons (Fsp3) is 0.200. The number of hydrogen-bond acceptors (Lipinski definition) is 5. The van der Waals surface area contributed by atoms with Crippen LogP contribution in [0.25, 0.3) is 5.69 Å². The number of likely N-dealkylation sites (N-methyl/N-ethyl adjacent to an activating group) is 1. The Morgan fingerprint density at radius 1 is 1.18 bits per heavy atom. The molecule has 8 heteroatoms. The first kappa shape index (κ1) is 19.2. The van der Waals surface area contributed by atoms with Gasteiger partial charge in [0.05, 0.1) is 23.5 Å². The minimum atomic E-state index is -0.579. The van der Waals surface area contributed by atoms with Gasteiger partial charge in [-0.05, 0) is 43.8 Å². The maximum absolute atomic E-state index is 12.4. The van der Waals surface area contributed by atoms with E-state index in [2.05, 4.69) is 15.4 Å². The zero-order chi connectivity index (χ0) is 20.1. The van der Waals surface area contributed by atoms with E-state index in [-0.39, 0.29) is 24.1 Å². The summed E-state index contributed by atoms with van der Waals surface area (Å²) in [5.41, 5.74) is 8.03. The van der Waals surface area contributed by atoms with Crippen molar-refractivity contribution in [3.05, 3.63) is 72.3 Å². The van der Waals surface area contributed by atoms with Crippen molar-refractivity contribution in [3.8, 4) is 5.69 Å². The summed E-state index contributed by atoms with van der Waals surface area (Å²) >= 11 is 0. The molecule has 0 fully saturated rings. The number of hydrogen-bond donors (Lipinski definition) is 2. The lowest BCUT2D eigenvalue weighted by molar-refractivity contribution is -0.117. The molecule has 1 unspecified atom stereocenters. The van der Waals surface area contributed by atoms with E-state index in [0.29, 0.717) is 5.69 Å². The molecule has 2 amide bonds. The van der Waals surface area contributed by atoms with Crippen molar-refractivity contribution in [2.45, 2.75) is 13.0 Å². The van der Waals surface area contributed by atoms with Gasteiger partial charge in [0, 0.05) is 6.04 Å². The number of carbonyl (C=O) groups is 2. The Balaban J connectivity index is 1.63. The van der Waals surface area contributed by atoms with Crippen LogP contribution in [-0.4, -0.2) is 45.1 Å². The maximum atomic E-state index is 12.4. The first-order valence-electron chi connectivity index (χ1n) is 8.79. The van der Waals surface area contributed by atoms with Crippen molar-refractivity contribution in [1.29, 1.82) is 0 Å². The molecule has 0 saturated carbocycles. The second-order valence-corrected chi connectivity index (χ2v) is 6.48. The minimum absolute atomic E-state index is 0.0157. The average Bonchev–Trinajstić information content (AvgIpc) is 3.22. The van der Waals surface area contributed by atoms with Crippen molar-refractivity contribution < 1.29 is 9.59 Å². The molecule has 1 heterocycles. The highest BCUT2D eigenvalue weighted by Gasteiger charge is 2.17. The number of anilines is 1. The summed E-state index contributed by atoms with van der Waals surface area (Å²) in [6.45, 7) is 2.19. The third-order valence-electron chi connectivity index (χ3n) is 4.58. The summed E-state index contributed by atoms with van der Waals surface area (Å²) in [6, 6.07) is 14.6. The molecular formula is C20H22N6O2. The van der Waals surface area contributed by atoms with Crippen molar-refractivity contribution in [1.82, 2.24) is 19.7 Å². The Bertz CT molecular complexity index is 953. The van der Waals surface area contributed by atoms with Gasteiger partial charge in [-0.2, -0.15) is 5.10 Å².